The average Bonchev–Trinajstić information content (AvgIpc) is 2.53. The van der Waals surface area contributed by atoms with Crippen LogP contribution in [0.4, 0.5) is 5.69 Å². The van der Waals surface area contributed by atoms with Crippen LogP contribution in [-0.4, -0.2) is 33.9 Å². The van der Waals surface area contributed by atoms with E-state index in [0.29, 0.717) is 18.8 Å². The molecule has 0 atom stereocenters. The van der Waals surface area contributed by atoms with Gasteiger partial charge in [0.15, 0.2) is 0 Å². The Morgan fingerprint density at radius 3 is 2.71 bits per heavy atom. The first-order valence-corrected chi connectivity index (χ1v) is 7.13. The second-order valence-electron chi connectivity index (χ2n) is 4.60. The normalized spacial score (nSPS) is 10.2. The van der Waals surface area contributed by atoms with Crippen molar-refractivity contribution in [3.63, 3.8) is 0 Å². The number of hydrogen-bond acceptors (Lipinski definition) is 4. The number of hydrogen-bond donors (Lipinski definition) is 1. The lowest BCUT2D eigenvalue weighted by molar-refractivity contribution is 0.0744. The molecule has 21 heavy (non-hydrogen) atoms. The van der Waals surface area contributed by atoms with Gasteiger partial charge in [-0.2, -0.15) is 0 Å². The molecule has 2 rings (SSSR count). The number of carbonyl (C=O) groups excluding carboxylic acids is 1. The van der Waals surface area contributed by atoms with Crippen LogP contribution < -0.4 is 5.32 Å². The molecule has 5 nitrogen and oxygen atoms in total. The molecule has 5 heteroatoms. The Hall–Kier alpha value is -2.43. The van der Waals surface area contributed by atoms with Crippen molar-refractivity contribution in [1.29, 1.82) is 0 Å². The number of aromatic nitrogens is 2. The summed E-state index contributed by atoms with van der Waals surface area (Å²) in [5.74, 6) is -0.0806. The highest BCUT2D eigenvalue weighted by Gasteiger charge is 2.16. The molecule has 0 unspecified atom stereocenters. The molecule has 1 N–H and O–H groups in total. The summed E-state index contributed by atoms with van der Waals surface area (Å²) in [6.45, 7) is 5.88. The summed E-state index contributed by atoms with van der Waals surface area (Å²) in [6, 6.07) is 9.34. The first kappa shape index (κ1) is 15.0. The monoisotopic (exact) mass is 284 g/mol. The van der Waals surface area contributed by atoms with Gasteiger partial charge in [-0.1, -0.05) is 6.07 Å². The Morgan fingerprint density at radius 1 is 1.19 bits per heavy atom. The Labute approximate surface area is 125 Å². The number of rotatable bonds is 6. The highest BCUT2D eigenvalue weighted by Crippen LogP contribution is 2.11. The van der Waals surface area contributed by atoms with Crippen molar-refractivity contribution in [2.75, 3.05) is 18.4 Å². The zero-order chi connectivity index (χ0) is 15.1. The van der Waals surface area contributed by atoms with Crippen molar-refractivity contribution in [1.82, 2.24) is 14.9 Å². The molecule has 0 aromatic carbocycles. The maximum absolute atomic E-state index is 12.5. The van der Waals surface area contributed by atoms with Gasteiger partial charge in [-0.3, -0.25) is 14.8 Å². The first-order valence-electron chi connectivity index (χ1n) is 7.13. The van der Waals surface area contributed by atoms with Crippen LogP contribution in [-0.2, 0) is 6.54 Å². The molecule has 0 spiro atoms. The predicted octanol–water partition coefficient (Wildman–Crippen LogP) is 2.57. The van der Waals surface area contributed by atoms with Crippen LogP contribution in [0.3, 0.4) is 0 Å². The van der Waals surface area contributed by atoms with Gasteiger partial charge in [0.25, 0.3) is 5.91 Å². The molecule has 0 aliphatic carbocycles. The maximum Gasteiger partial charge on any atom is 0.272 e. The zero-order valence-electron chi connectivity index (χ0n) is 12.4. The predicted molar refractivity (Wildman–Crippen MR) is 83.1 cm³/mol. The second kappa shape index (κ2) is 7.38. The molecular formula is C16H20N4O. The van der Waals surface area contributed by atoms with Crippen molar-refractivity contribution >= 4 is 11.6 Å². The Balaban J connectivity index is 2.14. The third kappa shape index (κ3) is 4.02. The van der Waals surface area contributed by atoms with E-state index in [2.05, 4.69) is 15.3 Å². The topological polar surface area (TPSA) is 58.1 Å². The lowest BCUT2D eigenvalue weighted by atomic mass is 10.2. The molecule has 1 amide bonds. The average molecular weight is 284 g/mol. The second-order valence-corrected chi connectivity index (χ2v) is 4.60. The van der Waals surface area contributed by atoms with Crippen molar-refractivity contribution < 1.29 is 4.79 Å². The van der Waals surface area contributed by atoms with E-state index in [-0.39, 0.29) is 5.91 Å². The van der Waals surface area contributed by atoms with E-state index in [1.54, 1.807) is 23.4 Å². The summed E-state index contributed by atoms with van der Waals surface area (Å²) in [5, 5.41) is 3.19. The van der Waals surface area contributed by atoms with E-state index in [4.69, 9.17) is 0 Å². The number of carbonyl (C=O) groups is 1. The quantitative estimate of drug-likeness (QED) is 0.885. The van der Waals surface area contributed by atoms with Crippen LogP contribution in [0.1, 0.15) is 30.0 Å². The van der Waals surface area contributed by atoms with Crippen molar-refractivity contribution in [2.24, 2.45) is 0 Å². The number of nitrogens with one attached hydrogen (secondary N) is 1. The lowest BCUT2D eigenvalue weighted by Crippen LogP contribution is -2.31. The maximum atomic E-state index is 12.5. The van der Waals surface area contributed by atoms with Crippen molar-refractivity contribution in [2.45, 2.75) is 20.4 Å². The zero-order valence-corrected chi connectivity index (χ0v) is 12.4. The largest absolute Gasteiger partial charge is 0.385 e. The minimum Gasteiger partial charge on any atom is -0.385 e. The summed E-state index contributed by atoms with van der Waals surface area (Å²) >= 11 is 0. The van der Waals surface area contributed by atoms with Gasteiger partial charge in [0.05, 0.1) is 12.2 Å². The van der Waals surface area contributed by atoms with Crippen molar-refractivity contribution in [3.8, 4) is 0 Å². The van der Waals surface area contributed by atoms with Gasteiger partial charge in [0.2, 0.25) is 0 Å². The number of amides is 1. The van der Waals surface area contributed by atoms with E-state index in [0.717, 1.165) is 17.9 Å². The Bertz CT molecular complexity index is 586. The van der Waals surface area contributed by atoms with Crippen LogP contribution >= 0.6 is 0 Å². The van der Waals surface area contributed by atoms with Crippen LogP contribution in [0.5, 0.6) is 0 Å². The summed E-state index contributed by atoms with van der Waals surface area (Å²) in [7, 11) is 0. The summed E-state index contributed by atoms with van der Waals surface area (Å²) < 4.78 is 0. The van der Waals surface area contributed by atoms with E-state index in [1.807, 2.05) is 38.1 Å². The molecule has 2 aromatic rings. The van der Waals surface area contributed by atoms with Gasteiger partial charge >= 0.3 is 0 Å². The minimum atomic E-state index is -0.0806. The third-order valence-electron chi connectivity index (χ3n) is 3.11. The molecule has 0 bridgehead atoms. The minimum absolute atomic E-state index is 0.0806. The number of pyridine rings is 2. The van der Waals surface area contributed by atoms with Crippen LogP contribution in [0.15, 0.2) is 42.7 Å². The van der Waals surface area contributed by atoms with E-state index in [9.17, 15) is 4.79 Å². The fourth-order valence-corrected chi connectivity index (χ4v) is 2.04. The summed E-state index contributed by atoms with van der Waals surface area (Å²) in [4.78, 5) is 22.7. The highest BCUT2D eigenvalue weighted by atomic mass is 16.2. The van der Waals surface area contributed by atoms with Crippen LogP contribution in [0.25, 0.3) is 0 Å². The van der Waals surface area contributed by atoms with Crippen molar-refractivity contribution in [3.05, 3.63) is 54.1 Å². The SMILES string of the molecule is CCNc1ccnc(C(=O)N(CC)Cc2ccccn2)c1. The Morgan fingerprint density at radius 2 is 2.05 bits per heavy atom. The van der Waals surface area contributed by atoms with Gasteiger partial charge in [-0.15, -0.1) is 0 Å². The molecule has 2 aromatic heterocycles. The number of nitrogens with zero attached hydrogens (tertiary/aromatic N) is 3. The summed E-state index contributed by atoms with van der Waals surface area (Å²) in [5.41, 5.74) is 2.23. The molecule has 0 saturated heterocycles. The van der Waals surface area contributed by atoms with Gasteiger partial charge in [0.1, 0.15) is 5.69 Å². The molecule has 0 aliphatic heterocycles. The van der Waals surface area contributed by atoms with E-state index >= 15 is 0 Å². The highest BCUT2D eigenvalue weighted by molar-refractivity contribution is 5.93. The molecule has 0 aliphatic rings. The molecule has 2 heterocycles. The van der Waals surface area contributed by atoms with Gasteiger partial charge in [-0.25, -0.2) is 0 Å². The van der Waals surface area contributed by atoms with Gasteiger partial charge < -0.3 is 10.2 Å². The molecule has 0 fully saturated rings. The molecule has 0 radical (unpaired) electrons. The lowest BCUT2D eigenvalue weighted by Gasteiger charge is -2.20. The fraction of sp³-hybridized carbons (Fsp3) is 0.312. The first-order chi connectivity index (χ1) is 10.2. The summed E-state index contributed by atoms with van der Waals surface area (Å²) in [6.07, 6.45) is 3.39. The molecular weight excluding hydrogens is 264 g/mol. The third-order valence-corrected chi connectivity index (χ3v) is 3.11. The fourth-order valence-electron chi connectivity index (χ4n) is 2.04. The van der Waals surface area contributed by atoms with Gasteiger partial charge in [-0.05, 0) is 38.1 Å². The Kier molecular flexibility index (Phi) is 5.26. The van der Waals surface area contributed by atoms with Gasteiger partial charge in [0, 0.05) is 31.2 Å². The van der Waals surface area contributed by atoms with E-state index < -0.39 is 0 Å². The van der Waals surface area contributed by atoms with E-state index in [1.165, 1.54) is 0 Å². The molecule has 110 valence electrons. The molecule has 0 saturated carbocycles. The smallest absolute Gasteiger partial charge is 0.272 e. The standard InChI is InChI=1S/C16H20N4O/c1-3-17-13-8-10-19-15(11-13)16(21)20(4-2)12-14-7-5-6-9-18-14/h5-11H,3-4,12H2,1-2H3,(H,17,19). The number of anilines is 1. The van der Waals surface area contributed by atoms with Crippen LogP contribution in [0.2, 0.25) is 0 Å². The van der Waals surface area contributed by atoms with Crippen LogP contribution in [0, 0.1) is 0 Å².